The number of carbonyl (C=O) groups is 1. The van der Waals surface area contributed by atoms with Gasteiger partial charge in [-0.25, -0.2) is 0 Å². The quantitative estimate of drug-likeness (QED) is 0.474. The van der Waals surface area contributed by atoms with Gasteiger partial charge >= 0.3 is 0 Å². The van der Waals surface area contributed by atoms with Crippen molar-refractivity contribution in [2.75, 3.05) is 5.32 Å². The third-order valence-corrected chi connectivity index (χ3v) is 4.59. The van der Waals surface area contributed by atoms with E-state index in [4.69, 9.17) is 0 Å². The number of phenolic OH excluding ortho intramolecular Hbond substituents is 2. The van der Waals surface area contributed by atoms with Crippen LogP contribution in [0.1, 0.15) is 16.7 Å². The van der Waals surface area contributed by atoms with Crippen LogP contribution in [-0.4, -0.2) is 22.2 Å². The summed E-state index contributed by atoms with van der Waals surface area (Å²) in [6.07, 6.45) is 0.373. The molecule has 4 N–H and O–H groups in total. The predicted octanol–water partition coefficient (Wildman–Crippen LogP) is 3.75. The molecule has 1 amide bonds. The zero-order valence-corrected chi connectivity index (χ0v) is 15.7. The fourth-order valence-electron chi connectivity index (χ4n) is 2.96. The summed E-state index contributed by atoms with van der Waals surface area (Å²) in [4.78, 5) is 13.0. The lowest BCUT2D eigenvalue weighted by molar-refractivity contribution is -0.118. The minimum absolute atomic E-state index is 0.155. The Morgan fingerprint density at radius 1 is 0.893 bits per heavy atom. The maximum Gasteiger partial charge on any atom is 0.241 e. The maximum atomic E-state index is 13.0. The molecule has 0 bridgehead atoms. The van der Waals surface area contributed by atoms with Gasteiger partial charge in [0.2, 0.25) is 5.91 Å². The predicted molar refractivity (Wildman–Crippen MR) is 110 cm³/mol. The second kappa shape index (κ2) is 9.06. The molecule has 0 aliphatic rings. The summed E-state index contributed by atoms with van der Waals surface area (Å²) in [5, 5.41) is 25.6. The number of hydrogen-bond donors (Lipinski definition) is 4. The van der Waals surface area contributed by atoms with E-state index in [1.54, 1.807) is 6.07 Å². The lowest BCUT2D eigenvalue weighted by Gasteiger charge is -2.20. The molecule has 5 nitrogen and oxygen atoms in total. The van der Waals surface area contributed by atoms with Gasteiger partial charge in [0.15, 0.2) is 11.5 Å². The molecule has 3 rings (SSSR count). The van der Waals surface area contributed by atoms with Gasteiger partial charge in [0.1, 0.15) is 0 Å². The number of para-hydroxylation sites is 1. The molecule has 0 saturated carbocycles. The fourth-order valence-corrected chi connectivity index (χ4v) is 2.96. The highest BCUT2D eigenvalue weighted by Gasteiger charge is 2.20. The van der Waals surface area contributed by atoms with E-state index < -0.39 is 6.04 Å². The first-order chi connectivity index (χ1) is 13.5. The highest BCUT2D eigenvalue weighted by molar-refractivity contribution is 5.95. The Balaban J connectivity index is 1.77. The molecule has 0 saturated heterocycles. The van der Waals surface area contributed by atoms with Gasteiger partial charge in [0.05, 0.1) is 6.04 Å². The summed E-state index contributed by atoms with van der Waals surface area (Å²) in [7, 11) is 0. The Labute approximate surface area is 164 Å². The van der Waals surface area contributed by atoms with Crippen LogP contribution in [0.3, 0.4) is 0 Å². The number of benzene rings is 3. The lowest BCUT2D eigenvalue weighted by Crippen LogP contribution is -2.42. The number of hydrogen-bond acceptors (Lipinski definition) is 4. The standard InChI is InChI=1S/C23H24N2O3/c1-16-7-5-6-10-19(16)25-23(28)20(24-15-17-8-3-2-4-9-17)13-18-11-12-21(26)22(27)14-18/h2-12,14,20,24,26-27H,13,15H2,1H3,(H,25,28). The Morgan fingerprint density at radius 3 is 2.32 bits per heavy atom. The minimum atomic E-state index is -0.510. The smallest absolute Gasteiger partial charge is 0.241 e. The van der Waals surface area contributed by atoms with E-state index in [-0.39, 0.29) is 17.4 Å². The molecule has 144 valence electrons. The molecular weight excluding hydrogens is 352 g/mol. The molecule has 28 heavy (non-hydrogen) atoms. The third kappa shape index (κ3) is 5.11. The summed E-state index contributed by atoms with van der Waals surface area (Å²) in [5.41, 5.74) is 3.58. The molecule has 1 unspecified atom stereocenters. The number of rotatable bonds is 7. The van der Waals surface area contributed by atoms with Gasteiger partial charge in [0, 0.05) is 12.2 Å². The zero-order chi connectivity index (χ0) is 19.9. The Hall–Kier alpha value is -3.31. The van der Waals surface area contributed by atoms with Gasteiger partial charge in [-0.1, -0.05) is 54.6 Å². The van der Waals surface area contributed by atoms with Gasteiger partial charge < -0.3 is 20.8 Å². The second-order valence-electron chi connectivity index (χ2n) is 6.75. The number of anilines is 1. The topological polar surface area (TPSA) is 81.6 Å². The molecule has 0 fully saturated rings. The Kier molecular flexibility index (Phi) is 6.29. The number of nitrogens with one attached hydrogen (secondary N) is 2. The summed E-state index contributed by atoms with van der Waals surface area (Å²) in [5.74, 6) is -0.529. The lowest BCUT2D eigenvalue weighted by atomic mass is 10.0. The first-order valence-corrected chi connectivity index (χ1v) is 9.17. The first kappa shape index (κ1) is 19.5. The van der Waals surface area contributed by atoms with Crippen molar-refractivity contribution in [3.05, 3.63) is 89.5 Å². The molecule has 3 aromatic carbocycles. The van der Waals surface area contributed by atoms with Crippen molar-refractivity contribution < 1.29 is 15.0 Å². The van der Waals surface area contributed by atoms with Gasteiger partial charge in [-0.3, -0.25) is 4.79 Å². The normalized spacial score (nSPS) is 11.8. The van der Waals surface area contributed by atoms with Crippen LogP contribution in [0, 0.1) is 6.92 Å². The van der Waals surface area contributed by atoms with Crippen molar-refractivity contribution in [1.29, 1.82) is 0 Å². The summed E-state index contributed by atoms with van der Waals surface area (Å²) >= 11 is 0. The van der Waals surface area contributed by atoms with Gasteiger partial charge in [-0.2, -0.15) is 0 Å². The second-order valence-corrected chi connectivity index (χ2v) is 6.75. The van der Waals surface area contributed by atoms with Crippen LogP contribution in [0.25, 0.3) is 0 Å². The zero-order valence-electron chi connectivity index (χ0n) is 15.7. The summed E-state index contributed by atoms with van der Waals surface area (Å²) in [6.45, 7) is 2.48. The number of carbonyl (C=O) groups excluding carboxylic acids is 1. The van der Waals surface area contributed by atoms with Crippen molar-refractivity contribution in [2.45, 2.75) is 25.9 Å². The monoisotopic (exact) mass is 376 g/mol. The average molecular weight is 376 g/mol. The van der Waals surface area contributed by atoms with E-state index in [0.29, 0.717) is 13.0 Å². The highest BCUT2D eigenvalue weighted by atomic mass is 16.3. The van der Waals surface area contributed by atoms with E-state index >= 15 is 0 Å². The Morgan fingerprint density at radius 2 is 1.61 bits per heavy atom. The van der Waals surface area contributed by atoms with Crippen molar-refractivity contribution >= 4 is 11.6 Å². The van der Waals surface area contributed by atoms with E-state index in [2.05, 4.69) is 10.6 Å². The van der Waals surface area contributed by atoms with E-state index in [9.17, 15) is 15.0 Å². The fraction of sp³-hybridized carbons (Fsp3) is 0.174. The van der Waals surface area contributed by atoms with Crippen LogP contribution < -0.4 is 10.6 Å². The largest absolute Gasteiger partial charge is 0.504 e. The van der Waals surface area contributed by atoms with Crippen LogP contribution in [0.5, 0.6) is 11.5 Å². The number of aromatic hydroxyl groups is 2. The van der Waals surface area contributed by atoms with Crippen LogP contribution >= 0.6 is 0 Å². The first-order valence-electron chi connectivity index (χ1n) is 9.17. The van der Waals surface area contributed by atoms with E-state index in [0.717, 1.165) is 22.4 Å². The maximum absolute atomic E-state index is 13.0. The molecular formula is C23H24N2O3. The third-order valence-electron chi connectivity index (χ3n) is 4.59. The molecule has 0 heterocycles. The summed E-state index contributed by atoms with van der Waals surface area (Å²) < 4.78 is 0. The number of amides is 1. The Bertz CT molecular complexity index is 942. The van der Waals surface area contributed by atoms with Crippen molar-refractivity contribution in [1.82, 2.24) is 5.32 Å². The molecule has 0 spiro atoms. The van der Waals surface area contributed by atoms with Crippen LogP contribution in [0.4, 0.5) is 5.69 Å². The van der Waals surface area contributed by atoms with Gasteiger partial charge in [-0.15, -0.1) is 0 Å². The van der Waals surface area contributed by atoms with Crippen molar-refractivity contribution in [3.63, 3.8) is 0 Å². The van der Waals surface area contributed by atoms with Gasteiger partial charge in [0.25, 0.3) is 0 Å². The summed E-state index contributed by atoms with van der Waals surface area (Å²) in [6, 6.07) is 21.6. The number of phenols is 2. The molecule has 0 aromatic heterocycles. The van der Waals surface area contributed by atoms with Crippen LogP contribution in [0.2, 0.25) is 0 Å². The minimum Gasteiger partial charge on any atom is -0.504 e. The van der Waals surface area contributed by atoms with Gasteiger partial charge in [-0.05, 0) is 48.2 Å². The molecule has 3 aromatic rings. The SMILES string of the molecule is Cc1ccccc1NC(=O)C(Cc1ccc(O)c(O)c1)NCc1ccccc1. The van der Waals surface area contributed by atoms with Crippen molar-refractivity contribution in [2.24, 2.45) is 0 Å². The molecule has 1 atom stereocenters. The van der Waals surface area contributed by atoms with Crippen LogP contribution in [0.15, 0.2) is 72.8 Å². The molecule has 0 radical (unpaired) electrons. The van der Waals surface area contributed by atoms with E-state index in [1.807, 2.05) is 61.5 Å². The van der Waals surface area contributed by atoms with E-state index in [1.165, 1.54) is 12.1 Å². The van der Waals surface area contributed by atoms with Crippen molar-refractivity contribution in [3.8, 4) is 11.5 Å². The molecule has 0 aliphatic heterocycles. The van der Waals surface area contributed by atoms with Crippen LogP contribution in [-0.2, 0) is 17.8 Å². The highest BCUT2D eigenvalue weighted by Crippen LogP contribution is 2.25. The molecule has 0 aliphatic carbocycles. The molecule has 5 heteroatoms. The number of aryl methyl sites for hydroxylation is 1. The average Bonchev–Trinajstić information content (AvgIpc) is 2.70.